The van der Waals surface area contributed by atoms with Crippen LogP contribution in [0.4, 0.5) is 27.5 Å². The van der Waals surface area contributed by atoms with Crippen molar-refractivity contribution >= 4 is 81.1 Å². The average molecular weight is 738 g/mol. The monoisotopic (exact) mass is 737 g/mol. The number of rotatable bonds is 16. The van der Waals surface area contributed by atoms with Gasteiger partial charge in [0.2, 0.25) is 5.91 Å². The Kier molecular flexibility index (Phi) is 13.6. The van der Waals surface area contributed by atoms with Gasteiger partial charge in [-0.25, -0.2) is 4.79 Å². The van der Waals surface area contributed by atoms with E-state index in [-0.39, 0.29) is 44.9 Å². The van der Waals surface area contributed by atoms with Crippen molar-refractivity contribution in [3.8, 4) is 5.75 Å². The summed E-state index contributed by atoms with van der Waals surface area (Å²) in [5, 5.41) is 15.7. The molecule has 16 heteroatoms. The van der Waals surface area contributed by atoms with Crippen LogP contribution in [-0.4, -0.2) is 71.6 Å². The number of anilines is 3. The van der Waals surface area contributed by atoms with Crippen molar-refractivity contribution in [2.45, 2.75) is 33.6 Å². The third kappa shape index (κ3) is 10.3. The summed E-state index contributed by atoms with van der Waals surface area (Å²) in [6.45, 7) is 6.45. The number of amides is 4. The van der Waals surface area contributed by atoms with Gasteiger partial charge in [0.05, 0.1) is 27.0 Å². The number of carbonyl (C=O) groups is 5. The van der Waals surface area contributed by atoms with Crippen LogP contribution >= 0.6 is 23.4 Å². The zero-order valence-corrected chi connectivity index (χ0v) is 29.7. The molecule has 0 aliphatic carbocycles. The molecule has 0 bridgehead atoms. The van der Waals surface area contributed by atoms with Gasteiger partial charge in [0.15, 0.2) is 6.61 Å². The number of thioether (sulfide) groups is 1. The molecule has 1 fully saturated rings. The van der Waals surface area contributed by atoms with Crippen LogP contribution in [-0.2, 0) is 19.1 Å². The Morgan fingerprint density at radius 3 is 2.41 bits per heavy atom. The molecule has 1 aliphatic rings. The Morgan fingerprint density at radius 1 is 0.980 bits per heavy atom. The maximum absolute atomic E-state index is 13.3. The maximum atomic E-state index is 13.3. The molecule has 1 saturated heterocycles. The summed E-state index contributed by atoms with van der Waals surface area (Å²) < 4.78 is 11.1. The van der Waals surface area contributed by atoms with Crippen molar-refractivity contribution in [2.24, 2.45) is 0 Å². The van der Waals surface area contributed by atoms with Crippen molar-refractivity contribution < 1.29 is 38.4 Å². The van der Waals surface area contributed by atoms with Crippen molar-refractivity contribution in [2.75, 3.05) is 48.4 Å². The number of halogens is 1. The molecule has 4 rings (SSSR count). The molecule has 0 aromatic heterocycles. The maximum Gasteiger partial charge on any atom is 0.339 e. The van der Waals surface area contributed by atoms with E-state index < -0.39 is 47.0 Å². The molecule has 0 atom stereocenters. The third-order valence-corrected chi connectivity index (χ3v) is 8.73. The SMILES string of the molecule is CCCCOC(=O)c1cc(NC(=O)CN2C(=O)S/C(=C/c3ccc(N(CC)CC)cc3OCC(=O)Nc3cccc([N+](=O)[O-])c3)C2=O)ccc1Cl. The molecule has 268 valence electrons. The normalized spacial score (nSPS) is 13.3. The second-order valence-corrected chi connectivity index (χ2v) is 12.4. The molecule has 14 nitrogen and oxygen atoms in total. The lowest BCUT2D eigenvalue weighted by Gasteiger charge is -2.22. The van der Waals surface area contributed by atoms with E-state index in [1.165, 1.54) is 48.5 Å². The van der Waals surface area contributed by atoms with Gasteiger partial charge in [0, 0.05) is 53.9 Å². The fraction of sp³-hybridized carbons (Fsp3) is 0.286. The molecule has 1 aliphatic heterocycles. The molecule has 1 heterocycles. The van der Waals surface area contributed by atoms with Gasteiger partial charge in [-0.05, 0) is 74.5 Å². The number of imide groups is 1. The summed E-state index contributed by atoms with van der Waals surface area (Å²) in [5.41, 5.74) is 1.49. The fourth-order valence-corrected chi connectivity index (χ4v) is 5.88. The van der Waals surface area contributed by atoms with E-state index >= 15 is 0 Å². The van der Waals surface area contributed by atoms with Crippen molar-refractivity contribution in [1.29, 1.82) is 0 Å². The van der Waals surface area contributed by atoms with E-state index in [1.54, 1.807) is 12.1 Å². The van der Waals surface area contributed by atoms with Gasteiger partial charge < -0.3 is 25.0 Å². The fourth-order valence-electron chi connectivity index (χ4n) is 4.86. The number of nitrogens with one attached hydrogen (secondary N) is 2. The minimum atomic E-state index is -0.710. The summed E-state index contributed by atoms with van der Waals surface area (Å²) >= 11 is 6.80. The van der Waals surface area contributed by atoms with Gasteiger partial charge in [0.1, 0.15) is 12.3 Å². The molecule has 3 aromatic rings. The van der Waals surface area contributed by atoms with Gasteiger partial charge in [0.25, 0.3) is 22.7 Å². The van der Waals surface area contributed by atoms with E-state index in [0.29, 0.717) is 36.8 Å². The molecular formula is C35H36ClN5O9S. The number of benzene rings is 3. The first-order valence-corrected chi connectivity index (χ1v) is 17.2. The first-order valence-electron chi connectivity index (χ1n) is 16.0. The average Bonchev–Trinajstić information content (AvgIpc) is 3.36. The Labute approximate surface area is 303 Å². The first-order chi connectivity index (χ1) is 24.4. The number of carbonyl (C=O) groups excluding carboxylic acids is 5. The number of nitro benzene ring substituents is 1. The van der Waals surface area contributed by atoms with Crippen LogP contribution in [0.15, 0.2) is 65.6 Å². The van der Waals surface area contributed by atoms with Gasteiger partial charge in [-0.2, -0.15) is 0 Å². The van der Waals surface area contributed by atoms with E-state index in [1.807, 2.05) is 31.7 Å². The lowest BCUT2D eigenvalue weighted by Crippen LogP contribution is -2.36. The summed E-state index contributed by atoms with van der Waals surface area (Å²) in [5.74, 6) is -2.38. The highest BCUT2D eigenvalue weighted by Gasteiger charge is 2.36. The molecular weight excluding hydrogens is 702 g/mol. The number of nitrogens with zero attached hydrogens (tertiary/aromatic N) is 3. The van der Waals surface area contributed by atoms with Gasteiger partial charge in [-0.3, -0.25) is 34.2 Å². The number of ether oxygens (including phenoxy) is 2. The smallest absolute Gasteiger partial charge is 0.339 e. The van der Waals surface area contributed by atoms with E-state index in [2.05, 4.69) is 10.6 Å². The van der Waals surface area contributed by atoms with E-state index in [9.17, 15) is 34.1 Å². The highest BCUT2D eigenvalue weighted by molar-refractivity contribution is 8.18. The van der Waals surface area contributed by atoms with E-state index in [4.69, 9.17) is 21.1 Å². The molecule has 0 spiro atoms. The van der Waals surface area contributed by atoms with E-state index in [0.717, 1.165) is 17.0 Å². The third-order valence-electron chi connectivity index (χ3n) is 7.49. The summed E-state index contributed by atoms with van der Waals surface area (Å²) in [6.07, 6.45) is 2.96. The number of nitro groups is 1. The summed E-state index contributed by atoms with van der Waals surface area (Å²) in [7, 11) is 0. The number of hydrogen-bond acceptors (Lipinski definition) is 11. The quantitative estimate of drug-likeness (QED) is 0.0523. The topological polar surface area (TPSA) is 177 Å². The summed E-state index contributed by atoms with van der Waals surface area (Å²) in [4.78, 5) is 77.7. The number of esters is 1. The van der Waals surface area contributed by atoms with Gasteiger partial charge in [-0.1, -0.05) is 31.0 Å². The Hall–Kier alpha value is -5.41. The van der Waals surface area contributed by atoms with Crippen LogP contribution in [0.3, 0.4) is 0 Å². The standard InChI is InChI=1S/C35H36ClN5O9S/c1-4-7-15-49-34(45)27-18-24(12-14-28(27)36)37-31(42)20-40-33(44)30(51-35(40)46)16-22-11-13-25(39(5-2)6-3)19-29(22)50-21-32(43)38-23-9-8-10-26(17-23)41(47)48/h8-14,16-19H,4-7,15,20-21H2,1-3H3,(H,37,42)(H,38,43)/b30-16+. The molecule has 4 amide bonds. The largest absolute Gasteiger partial charge is 0.483 e. The Balaban J connectivity index is 1.48. The predicted molar refractivity (Wildman–Crippen MR) is 195 cm³/mol. The van der Waals surface area contributed by atoms with Crippen LogP contribution in [0.5, 0.6) is 5.75 Å². The Morgan fingerprint density at radius 2 is 1.71 bits per heavy atom. The second-order valence-electron chi connectivity index (χ2n) is 11.0. The zero-order valence-electron chi connectivity index (χ0n) is 28.1. The van der Waals surface area contributed by atoms with Crippen LogP contribution in [0, 0.1) is 10.1 Å². The van der Waals surface area contributed by atoms with Crippen LogP contribution in [0.25, 0.3) is 6.08 Å². The van der Waals surface area contributed by atoms with Crippen LogP contribution in [0.2, 0.25) is 5.02 Å². The number of non-ortho nitro benzene ring substituents is 1. The second kappa shape index (κ2) is 18.0. The number of hydrogen-bond donors (Lipinski definition) is 2. The molecule has 3 aromatic carbocycles. The lowest BCUT2D eigenvalue weighted by molar-refractivity contribution is -0.384. The van der Waals surface area contributed by atoms with Crippen molar-refractivity contribution in [1.82, 2.24) is 4.90 Å². The predicted octanol–water partition coefficient (Wildman–Crippen LogP) is 6.74. The minimum absolute atomic E-state index is 0.0258. The zero-order chi connectivity index (χ0) is 37.1. The number of unbranched alkanes of at least 4 members (excludes halogenated alkanes) is 1. The van der Waals surface area contributed by atoms with Gasteiger partial charge >= 0.3 is 5.97 Å². The first kappa shape index (κ1) is 38.4. The Bertz CT molecular complexity index is 1860. The van der Waals surface area contributed by atoms with Crippen molar-refractivity contribution in [3.63, 3.8) is 0 Å². The molecule has 0 radical (unpaired) electrons. The highest BCUT2D eigenvalue weighted by Crippen LogP contribution is 2.35. The molecule has 2 N–H and O–H groups in total. The van der Waals surface area contributed by atoms with Crippen LogP contribution in [0.1, 0.15) is 49.5 Å². The van der Waals surface area contributed by atoms with Gasteiger partial charge in [-0.15, -0.1) is 0 Å². The molecule has 51 heavy (non-hydrogen) atoms. The summed E-state index contributed by atoms with van der Waals surface area (Å²) in [6, 6.07) is 14.9. The van der Waals surface area contributed by atoms with Crippen molar-refractivity contribution in [3.05, 3.63) is 91.8 Å². The highest BCUT2D eigenvalue weighted by atomic mass is 35.5. The van der Waals surface area contributed by atoms with Crippen LogP contribution < -0.4 is 20.3 Å². The molecule has 0 saturated carbocycles. The molecule has 0 unspecified atom stereocenters. The minimum Gasteiger partial charge on any atom is -0.483 e. The lowest BCUT2D eigenvalue weighted by atomic mass is 10.1.